The number of carbonyl (C=O) groups is 1. The number of piperidine rings is 1. The molecule has 1 aliphatic heterocycles. The highest BCUT2D eigenvalue weighted by atomic mass is 16.6. The second-order valence-corrected chi connectivity index (χ2v) is 6.52. The van der Waals surface area contributed by atoms with Gasteiger partial charge in [-0.3, -0.25) is 0 Å². The van der Waals surface area contributed by atoms with Crippen LogP contribution in [-0.2, 0) is 4.74 Å². The topological polar surface area (TPSA) is 62.7 Å². The highest BCUT2D eigenvalue weighted by Gasteiger charge is 2.21. The van der Waals surface area contributed by atoms with Crippen LogP contribution < -0.4 is 4.90 Å². The molecule has 0 radical (unpaired) electrons. The van der Waals surface area contributed by atoms with E-state index in [1.54, 1.807) is 12.3 Å². The number of aliphatic hydroxyl groups excluding tert-OH is 1. The summed E-state index contributed by atoms with van der Waals surface area (Å²) in [5.41, 5.74) is -0.0269. The Morgan fingerprint density at radius 3 is 2.35 bits per heavy atom. The quantitative estimate of drug-likeness (QED) is 0.865. The first kappa shape index (κ1) is 19.4. The molecule has 5 heteroatoms. The molecule has 1 fully saturated rings. The van der Waals surface area contributed by atoms with E-state index in [-0.39, 0.29) is 12.6 Å². The Hall–Kier alpha value is -1.62. The molecule has 1 aromatic rings. The molecule has 0 amide bonds. The average Bonchev–Trinajstić information content (AvgIpc) is 2.55. The van der Waals surface area contributed by atoms with Gasteiger partial charge in [-0.2, -0.15) is 0 Å². The van der Waals surface area contributed by atoms with Gasteiger partial charge in [0, 0.05) is 25.9 Å². The van der Waals surface area contributed by atoms with Crippen LogP contribution in [0, 0.1) is 5.92 Å². The predicted octanol–water partition coefficient (Wildman–Crippen LogP) is 3.27. The lowest BCUT2D eigenvalue weighted by molar-refractivity contribution is 0.00691. The average molecular weight is 322 g/mol. The van der Waals surface area contributed by atoms with Crippen molar-refractivity contribution in [1.82, 2.24) is 4.98 Å². The van der Waals surface area contributed by atoms with E-state index in [1.165, 1.54) is 0 Å². The summed E-state index contributed by atoms with van der Waals surface area (Å²) >= 11 is 0. The van der Waals surface area contributed by atoms with Crippen LogP contribution in [0.15, 0.2) is 18.3 Å². The van der Waals surface area contributed by atoms with Gasteiger partial charge in [0.2, 0.25) is 0 Å². The van der Waals surface area contributed by atoms with Crippen molar-refractivity contribution in [1.29, 1.82) is 0 Å². The monoisotopic (exact) mass is 322 g/mol. The minimum atomic E-state index is -0.498. The highest BCUT2D eigenvalue weighted by molar-refractivity contribution is 5.89. The molecule has 2 heterocycles. The second-order valence-electron chi connectivity index (χ2n) is 6.52. The van der Waals surface area contributed by atoms with Gasteiger partial charge in [0.25, 0.3) is 0 Å². The number of ether oxygens (including phenoxy) is 1. The zero-order chi connectivity index (χ0) is 17.5. The Morgan fingerprint density at radius 2 is 1.91 bits per heavy atom. The van der Waals surface area contributed by atoms with Crippen LogP contribution in [-0.4, -0.2) is 41.4 Å². The third-order valence-corrected chi connectivity index (χ3v) is 3.58. The first-order valence-corrected chi connectivity index (χ1v) is 8.44. The number of hydrogen-bond acceptors (Lipinski definition) is 5. The lowest BCUT2D eigenvalue weighted by Gasteiger charge is -2.32. The zero-order valence-electron chi connectivity index (χ0n) is 15.0. The third kappa shape index (κ3) is 6.18. The van der Waals surface area contributed by atoms with Gasteiger partial charge in [-0.05, 0) is 51.7 Å². The fourth-order valence-corrected chi connectivity index (χ4v) is 2.38. The Labute approximate surface area is 139 Å². The molecule has 130 valence electrons. The SMILES string of the molecule is CC.CC(C)(C)OC(=O)c1ccc(N2CCC(CO)CC2)nc1. The number of aromatic nitrogens is 1. The summed E-state index contributed by atoms with van der Waals surface area (Å²) in [6.07, 6.45) is 3.53. The zero-order valence-corrected chi connectivity index (χ0v) is 15.0. The lowest BCUT2D eigenvalue weighted by Crippen LogP contribution is -2.35. The van der Waals surface area contributed by atoms with Gasteiger partial charge >= 0.3 is 5.97 Å². The molecule has 0 aliphatic carbocycles. The molecule has 1 aliphatic rings. The number of rotatable bonds is 3. The molecule has 23 heavy (non-hydrogen) atoms. The molecule has 1 saturated heterocycles. The minimum absolute atomic E-state index is 0.263. The molecule has 0 aromatic carbocycles. The van der Waals surface area contributed by atoms with Gasteiger partial charge < -0.3 is 14.7 Å². The number of carbonyl (C=O) groups excluding carboxylic acids is 1. The maximum Gasteiger partial charge on any atom is 0.340 e. The van der Waals surface area contributed by atoms with Gasteiger partial charge in [0.05, 0.1) is 5.56 Å². The van der Waals surface area contributed by atoms with Crippen molar-refractivity contribution in [3.05, 3.63) is 23.9 Å². The summed E-state index contributed by atoms with van der Waals surface area (Å²) in [5.74, 6) is 0.932. The number of esters is 1. The summed E-state index contributed by atoms with van der Waals surface area (Å²) < 4.78 is 5.32. The van der Waals surface area contributed by atoms with Crippen LogP contribution in [0.25, 0.3) is 0 Å². The van der Waals surface area contributed by atoms with E-state index in [2.05, 4.69) is 9.88 Å². The number of anilines is 1. The normalized spacial score (nSPS) is 15.7. The molecular formula is C18H30N2O3. The summed E-state index contributed by atoms with van der Waals surface area (Å²) in [6, 6.07) is 3.62. The van der Waals surface area contributed by atoms with Gasteiger partial charge in [0.15, 0.2) is 0 Å². The maximum absolute atomic E-state index is 11.9. The number of pyridine rings is 1. The summed E-state index contributed by atoms with van der Waals surface area (Å²) in [6.45, 7) is 11.6. The van der Waals surface area contributed by atoms with Crippen molar-refractivity contribution >= 4 is 11.8 Å². The molecule has 0 atom stereocenters. The van der Waals surface area contributed by atoms with Crippen molar-refractivity contribution in [2.45, 2.75) is 53.1 Å². The van der Waals surface area contributed by atoms with Crippen molar-refractivity contribution in [3.63, 3.8) is 0 Å². The van der Waals surface area contributed by atoms with Crippen molar-refractivity contribution in [2.75, 3.05) is 24.6 Å². The molecule has 1 N–H and O–H groups in total. The number of aliphatic hydroxyl groups is 1. The summed E-state index contributed by atoms with van der Waals surface area (Å²) in [4.78, 5) is 18.5. The standard InChI is InChI=1S/C16H24N2O3.C2H6/c1-16(2,3)21-15(20)13-4-5-14(17-10-13)18-8-6-12(11-19)7-9-18;1-2/h4-5,10,12,19H,6-9,11H2,1-3H3;1-2H3. The van der Waals surface area contributed by atoms with Crippen LogP contribution in [0.1, 0.15) is 57.8 Å². The molecule has 0 spiro atoms. The molecule has 5 nitrogen and oxygen atoms in total. The van der Waals surface area contributed by atoms with Gasteiger partial charge in [-0.15, -0.1) is 0 Å². The third-order valence-electron chi connectivity index (χ3n) is 3.58. The van der Waals surface area contributed by atoms with Crippen molar-refractivity contribution in [3.8, 4) is 0 Å². The minimum Gasteiger partial charge on any atom is -0.456 e. The molecule has 0 saturated carbocycles. The molecule has 2 rings (SSSR count). The van der Waals surface area contributed by atoms with Crippen molar-refractivity contribution < 1.29 is 14.6 Å². The van der Waals surface area contributed by atoms with Gasteiger partial charge in [-0.1, -0.05) is 13.8 Å². The van der Waals surface area contributed by atoms with Crippen LogP contribution >= 0.6 is 0 Å². The Bertz CT molecular complexity index is 472. The van der Waals surface area contributed by atoms with Gasteiger partial charge in [-0.25, -0.2) is 9.78 Å². The smallest absolute Gasteiger partial charge is 0.340 e. The van der Waals surface area contributed by atoms with Gasteiger partial charge in [0.1, 0.15) is 11.4 Å². The van der Waals surface area contributed by atoms with E-state index < -0.39 is 5.60 Å². The van der Waals surface area contributed by atoms with E-state index in [1.807, 2.05) is 40.7 Å². The fourth-order valence-electron chi connectivity index (χ4n) is 2.38. The Kier molecular flexibility index (Phi) is 7.49. The number of nitrogens with zero attached hydrogens (tertiary/aromatic N) is 2. The van der Waals surface area contributed by atoms with E-state index in [0.29, 0.717) is 11.5 Å². The Balaban J connectivity index is 0.00000127. The van der Waals surface area contributed by atoms with Crippen LogP contribution in [0.5, 0.6) is 0 Å². The Morgan fingerprint density at radius 1 is 1.30 bits per heavy atom. The van der Waals surface area contributed by atoms with E-state index in [9.17, 15) is 4.79 Å². The summed E-state index contributed by atoms with van der Waals surface area (Å²) in [7, 11) is 0. The molecule has 0 bridgehead atoms. The lowest BCUT2D eigenvalue weighted by atomic mass is 9.98. The molecular weight excluding hydrogens is 292 g/mol. The fraction of sp³-hybridized carbons (Fsp3) is 0.667. The largest absolute Gasteiger partial charge is 0.456 e. The molecule has 1 aromatic heterocycles. The van der Waals surface area contributed by atoms with Crippen LogP contribution in [0.3, 0.4) is 0 Å². The van der Waals surface area contributed by atoms with Crippen LogP contribution in [0.4, 0.5) is 5.82 Å². The first-order valence-electron chi connectivity index (χ1n) is 8.44. The van der Waals surface area contributed by atoms with Crippen molar-refractivity contribution in [2.24, 2.45) is 5.92 Å². The number of hydrogen-bond donors (Lipinski definition) is 1. The summed E-state index contributed by atoms with van der Waals surface area (Å²) in [5, 5.41) is 9.15. The maximum atomic E-state index is 11.9. The van der Waals surface area contributed by atoms with E-state index in [0.717, 1.165) is 31.7 Å². The highest BCUT2D eigenvalue weighted by Crippen LogP contribution is 2.22. The van der Waals surface area contributed by atoms with E-state index in [4.69, 9.17) is 9.84 Å². The second kappa shape index (κ2) is 8.87. The molecule has 0 unspecified atom stereocenters. The van der Waals surface area contributed by atoms with E-state index >= 15 is 0 Å². The first-order chi connectivity index (χ1) is 10.9. The van der Waals surface area contributed by atoms with Crippen LogP contribution in [0.2, 0.25) is 0 Å². The predicted molar refractivity (Wildman–Crippen MR) is 92.8 cm³/mol.